The van der Waals surface area contributed by atoms with Crippen LogP contribution in [0, 0.1) is 0 Å². The summed E-state index contributed by atoms with van der Waals surface area (Å²) in [6, 6.07) is -1.46. The number of carboxylic acids is 1. The van der Waals surface area contributed by atoms with Gasteiger partial charge in [0.2, 0.25) is 0 Å². The number of urea groups is 1. The maximum Gasteiger partial charge on any atom is 0.326 e. The van der Waals surface area contributed by atoms with Gasteiger partial charge in [0.1, 0.15) is 6.04 Å². The molecule has 0 aromatic carbocycles. The second kappa shape index (κ2) is 8.25. The third-order valence-electron chi connectivity index (χ3n) is 2.80. The Kier molecular flexibility index (Phi) is 6.67. The van der Waals surface area contributed by atoms with E-state index in [-0.39, 0.29) is 12.5 Å². The van der Waals surface area contributed by atoms with Gasteiger partial charge < -0.3 is 25.0 Å². The van der Waals surface area contributed by atoms with E-state index in [1.165, 1.54) is 17.4 Å². The summed E-state index contributed by atoms with van der Waals surface area (Å²) in [6.45, 7) is 4.61. The van der Waals surface area contributed by atoms with Crippen LogP contribution in [0.2, 0.25) is 0 Å². The molecule has 1 aromatic heterocycles. The molecule has 1 aromatic rings. The predicted octanol–water partition coefficient (Wildman–Crippen LogP) is 0.472. The Morgan fingerprint density at radius 1 is 1.52 bits per heavy atom. The lowest BCUT2D eigenvalue weighted by atomic mass is 10.1. The summed E-state index contributed by atoms with van der Waals surface area (Å²) >= 11 is 0. The molecule has 1 heterocycles. The monoisotopic (exact) mass is 298 g/mol. The Hall–Kier alpha value is -2.09. The van der Waals surface area contributed by atoms with Gasteiger partial charge in [0, 0.05) is 31.9 Å². The third-order valence-corrected chi connectivity index (χ3v) is 2.80. The maximum absolute atomic E-state index is 11.9. The van der Waals surface area contributed by atoms with E-state index in [0.29, 0.717) is 18.8 Å². The summed E-state index contributed by atoms with van der Waals surface area (Å²) in [4.78, 5) is 31.2. The molecule has 118 valence electrons. The zero-order valence-corrected chi connectivity index (χ0v) is 12.5. The van der Waals surface area contributed by atoms with Crippen LogP contribution in [-0.2, 0) is 16.0 Å². The highest BCUT2D eigenvalue weighted by Gasteiger charge is 2.22. The molecule has 0 fully saturated rings. The van der Waals surface area contributed by atoms with E-state index >= 15 is 0 Å². The van der Waals surface area contributed by atoms with Crippen molar-refractivity contribution >= 4 is 12.0 Å². The minimum Gasteiger partial charge on any atom is -0.480 e. The van der Waals surface area contributed by atoms with Crippen molar-refractivity contribution in [3.63, 3.8) is 0 Å². The molecule has 2 amide bonds. The summed E-state index contributed by atoms with van der Waals surface area (Å²) in [5.41, 5.74) is 0.647. The molecule has 0 spiro atoms. The molecule has 0 aliphatic carbocycles. The summed E-state index contributed by atoms with van der Waals surface area (Å²) in [7, 11) is 1.59. The molecule has 0 aliphatic rings. The Bertz CT molecular complexity index is 447. The fraction of sp³-hybridized carbons (Fsp3) is 0.615. The van der Waals surface area contributed by atoms with E-state index in [4.69, 9.17) is 9.84 Å². The van der Waals surface area contributed by atoms with Crippen molar-refractivity contribution in [2.45, 2.75) is 32.4 Å². The Morgan fingerprint density at radius 3 is 2.76 bits per heavy atom. The lowest BCUT2D eigenvalue weighted by molar-refractivity contribution is -0.139. The highest BCUT2D eigenvalue weighted by Crippen LogP contribution is 2.00. The normalized spacial score (nSPS) is 12.2. The average molecular weight is 298 g/mol. The number of ether oxygens (including phenoxy) is 1. The van der Waals surface area contributed by atoms with Gasteiger partial charge in [-0.2, -0.15) is 0 Å². The third kappa shape index (κ3) is 6.26. The predicted molar refractivity (Wildman–Crippen MR) is 76.0 cm³/mol. The average Bonchev–Trinajstić information content (AvgIpc) is 2.90. The number of carboxylic acid groups (broad SMARTS) is 1. The number of carbonyl (C=O) groups excluding carboxylic acids is 1. The summed E-state index contributed by atoms with van der Waals surface area (Å²) < 4.78 is 5.35. The van der Waals surface area contributed by atoms with Gasteiger partial charge in [-0.15, -0.1) is 0 Å². The molecule has 0 saturated heterocycles. The van der Waals surface area contributed by atoms with Crippen molar-refractivity contribution in [1.82, 2.24) is 20.2 Å². The van der Waals surface area contributed by atoms with Gasteiger partial charge in [-0.3, -0.25) is 0 Å². The molecule has 1 rings (SSSR count). The van der Waals surface area contributed by atoms with Crippen molar-refractivity contribution in [1.29, 1.82) is 0 Å². The minimum atomic E-state index is -1.09. The van der Waals surface area contributed by atoms with Gasteiger partial charge in [0.15, 0.2) is 0 Å². The first-order valence-electron chi connectivity index (χ1n) is 6.73. The van der Waals surface area contributed by atoms with Crippen LogP contribution in [0.3, 0.4) is 0 Å². The topological polar surface area (TPSA) is 108 Å². The fourth-order valence-electron chi connectivity index (χ4n) is 1.60. The molecule has 1 atom stereocenters. The first kappa shape index (κ1) is 17.0. The Labute approximate surface area is 123 Å². The number of nitrogens with zero attached hydrogens (tertiary/aromatic N) is 2. The maximum atomic E-state index is 11.9. The molecule has 0 radical (unpaired) electrons. The van der Waals surface area contributed by atoms with Crippen LogP contribution < -0.4 is 5.32 Å². The first-order valence-corrected chi connectivity index (χ1v) is 6.73. The summed E-state index contributed by atoms with van der Waals surface area (Å²) in [5, 5.41) is 11.6. The van der Waals surface area contributed by atoms with E-state index in [0.717, 1.165) is 0 Å². The lowest BCUT2D eigenvalue weighted by Crippen LogP contribution is -2.48. The molecule has 0 saturated carbocycles. The number of aromatic nitrogens is 2. The van der Waals surface area contributed by atoms with Crippen molar-refractivity contribution in [3.05, 3.63) is 18.2 Å². The van der Waals surface area contributed by atoms with Crippen molar-refractivity contribution in [3.8, 4) is 0 Å². The molecule has 8 nitrogen and oxygen atoms in total. The van der Waals surface area contributed by atoms with Gasteiger partial charge >= 0.3 is 12.0 Å². The van der Waals surface area contributed by atoms with Crippen LogP contribution in [-0.4, -0.2) is 64.3 Å². The fourth-order valence-corrected chi connectivity index (χ4v) is 1.60. The Balaban J connectivity index is 2.46. The molecule has 0 unspecified atom stereocenters. The number of rotatable bonds is 8. The van der Waals surface area contributed by atoms with Gasteiger partial charge in [0.05, 0.1) is 19.0 Å². The zero-order chi connectivity index (χ0) is 15.8. The minimum absolute atomic E-state index is 0.0913. The van der Waals surface area contributed by atoms with Gasteiger partial charge in [-0.05, 0) is 13.8 Å². The summed E-state index contributed by atoms with van der Waals surface area (Å²) in [5.74, 6) is -1.09. The molecule has 0 aliphatic heterocycles. The van der Waals surface area contributed by atoms with Crippen LogP contribution in [0.5, 0.6) is 0 Å². The van der Waals surface area contributed by atoms with E-state index in [1.54, 1.807) is 7.05 Å². The van der Waals surface area contributed by atoms with Gasteiger partial charge in [0.25, 0.3) is 0 Å². The lowest BCUT2D eigenvalue weighted by Gasteiger charge is -2.21. The van der Waals surface area contributed by atoms with Crippen LogP contribution in [0.25, 0.3) is 0 Å². The number of H-pyrrole nitrogens is 1. The standard InChI is InChI=1S/C13H22N4O4/c1-9(2)21-5-4-17(3)13(20)16-11(12(18)19)6-10-7-14-8-15-10/h7-9,11H,4-6H2,1-3H3,(H,14,15)(H,16,20)(H,18,19)/t11-/m1/s1. The Morgan fingerprint density at radius 2 is 2.24 bits per heavy atom. The quantitative estimate of drug-likeness (QED) is 0.646. The molecular weight excluding hydrogens is 276 g/mol. The van der Waals surface area contributed by atoms with Crippen molar-refractivity contribution in [2.75, 3.05) is 20.2 Å². The van der Waals surface area contributed by atoms with Crippen molar-refractivity contribution in [2.24, 2.45) is 0 Å². The van der Waals surface area contributed by atoms with Crippen LogP contribution in [0.1, 0.15) is 19.5 Å². The number of imidazole rings is 1. The molecule has 0 bridgehead atoms. The van der Waals surface area contributed by atoms with E-state index in [2.05, 4.69) is 15.3 Å². The number of aliphatic carboxylic acids is 1. The second-order valence-corrected chi connectivity index (χ2v) is 4.96. The summed E-state index contributed by atoms with van der Waals surface area (Å²) in [6.07, 6.45) is 3.24. The van der Waals surface area contributed by atoms with Crippen molar-refractivity contribution < 1.29 is 19.4 Å². The van der Waals surface area contributed by atoms with Crippen LogP contribution in [0.4, 0.5) is 4.79 Å². The van der Waals surface area contributed by atoms with E-state index < -0.39 is 18.0 Å². The first-order chi connectivity index (χ1) is 9.90. The number of amides is 2. The highest BCUT2D eigenvalue weighted by atomic mass is 16.5. The molecule has 8 heteroatoms. The highest BCUT2D eigenvalue weighted by molar-refractivity contribution is 5.82. The molecule has 3 N–H and O–H groups in total. The largest absolute Gasteiger partial charge is 0.480 e. The number of nitrogens with one attached hydrogen (secondary N) is 2. The molecule has 21 heavy (non-hydrogen) atoms. The van der Waals surface area contributed by atoms with Crippen LogP contribution >= 0.6 is 0 Å². The van der Waals surface area contributed by atoms with Gasteiger partial charge in [-0.1, -0.05) is 0 Å². The number of likely N-dealkylation sites (N-methyl/N-ethyl adjacent to an activating group) is 1. The zero-order valence-electron chi connectivity index (χ0n) is 12.5. The smallest absolute Gasteiger partial charge is 0.326 e. The number of hydrogen-bond donors (Lipinski definition) is 3. The SMILES string of the molecule is CC(C)OCCN(C)C(=O)N[C@H](Cc1cnc[nH]1)C(=O)O. The molecular formula is C13H22N4O4. The second-order valence-electron chi connectivity index (χ2n) is 4.96. The number of aromatic amines is 1. The van der Waals surface area contributed by atoms with E-state index in [9.17, 15) is 9.59 Å². The van der Waals surface area contributed by atoms with E-state index in [1.807, 2.05) is 13.8 Å². The van der Waals surface area contributed by atoms with Gasteiger partial charge in [-0.25, -0.2) is 14.6 Å². The number of carbonyl (C=O) groups is 2. The van der Waals surface area contributed by atoms with Crippen LogP contribution in [0.15, 0.2) is 12.5 Å². The number of hydrogen-bond acceptors (Lipinski definition) is 4.